The van der Waals surface area contributed by atoms with Crippen molar-refractivity contribution in [2.45, 2.75) is 70.1 Å². The first-order chi connectivity index (χ1) is 18.7. The van der Waals surface area contributed by atoms with Gasteiger partial charge in [-0.2, -0.15) is 4.31 Å². The quantitative estimate of drug-likeness (QED) is 0.381. The number of aromatic nitrogens is 1. The van der Waals surface area contributed by atoms with Crippen molar-refractivity contribution in [1.82, 2.24) is 19.5 Å². The number of nitrogens with one attached hydrogen (secondary N) is 1. The number of ether oxygens (including phenoxy) is 1. The number of nitrogens with zero attached hydrogens (tertiary/aromatic N) is 3. The molecule has 0 unspecified atom stereocenters. The second-order valence-corrected chi connectivity index (χ2v) is 12.3. The molecule has 39 heavy (non-hydrogen) atoms. The summed E-state index contributed by atoms with van der Waals surface area (Å²) < 4.78 is 39.7. The first-order valence-electron chi connectivity index (χ1n) is 13.4. The van der Waals surface area contributed by atoms with Crippen LogP contribution in [-0.4, -0.2) is 54.8 Å². The van der Waals surface area contributed by atoms with E-state index in [0.717, 1.165) is 38.0 Å². The van der Waals surface area contributed by atoms with E-state index in [0.29, 0.717) is 23.4 Å². The summed E-state index contributed by atoms with van der Waals surface area (Å²) in [7, 11) is -2.26. The lowest BCUT2D eigenvalue weighted by molar-refractivity contribution is 0.0946. The summed E-state index contributed by atoms with van der Waals surface area (Å²) in [6.07, 6.45) is 5.37. The van der Waals surface area contributed by atoms with Crippen LogP contribution in [0.4, 0.5) is 0 Å². The van der Waals surface area contributed by atoms with E-state index in [9.17, 15) is 13.2 Å². The Balaban J connectivity index is 1.22. The highest BCUT2D eigenvalue weighted by atomic mass is 32.2. The van der Waals surface area contributed by atoms with E-state index in [1.165, 1.54) is 29.0 Å². The van der Waals surface area contributed by atoms with E-state index in [1.807, 2.05) is 12.1 Å². The van der Waals surface area contributed by atoms with Gasteiger partial charge in [-0.1, -0.05) is 24.3 Å². The van der Waals surface area contributed by atoms with Gasteiger partial charge < -0.3 is 14.5 Å². The second kappa shape index (κ2) is 11.5. The summed E-state index contributed by atoms with van der Waals surface area (Å²) in [5.74, 6) is 0.433. The molecule has 0 bridgehead atoms. The van der Waals surface area contributed by atoms with Gasteiger partial charge in [0.2, 0.25) is 15.9 Å². The number of amides is 1. The predicted molar refractivity (Wildman–Crippen MR) is 147 cm³/mol. The lowest BCUT2D eigenvalue weighted by Crippen LogP contribution is -2.33. The molecule has 0 radical (unpaired) electrons. The summed E-state index contributed by atoms with van der Waals surface area (Å²) in [6, 6.07) is 11.6. The van der Waals surface area contributed by atoms with Crippen LogP contribution in [-0.2, 0) is 29.7 Å². The lowest BCUT2D eigenvalue weighted by atomic mass is 10.1. The molecule has 2 aliphatic rings. The molecule has 9 nitrogen and oxygen atoms in total. The van der Waals surface area contributed by atoms with Gasteiger partial charge in [-0.3, -0.25) is 9.69 Å². The van der Waals surface area contributed by atoms with E-state index in [2.05, 4.69) is 27.3 Å². The van der Waals surface area contributed by atoms with Crippen LogP contribution >= 0.6 is 0 Å². The zero-order valence-electron chi connectivity index (χ0n) is 22.8. The van der Waals surface area contributed by atoms with Crippen LogP contribution in [0, 0.1) is 13.8 Å². The largest absolute Gasteiger partial charge is 0.497 e. The number of benzene rings is 2. The van der Waals surface area contributed by atoms with Gasteiger partial charge in [0.1, 0.15) is 12.0 Å². The highest BCUT2D eigenvalue weighted by molar-refractivity contribution is 7.89. The fourth-order valence-corrected chi connectivity index (χ4v) is 7.23. The van der Waals surface area contributed by atoms with Gasteiger partial charge in [0.05, 0.1) is 18.6 Å². The molecule has 1 aliphatic heterocycles. The SMILES string of the molecule is COc1cc(C)c(S(=O)(=O)N(Cc2nc(C(=O)NCc3ccc(CN4CCCC4)cc3)co2)C2CC2)c(C)c1. The van der Waals surface area contributed by atoms with Crippen LogP contribution in [0.25, 0.3) is 0 Å². The van der Waals surface area contributed by atoms with Crippen LogP contribution in [0.2, 0.25) is 0 Å². The highest BCUT2D eigenvalue weighted by Crippen LogP contribution is 2.36. The highest BCUT2D eigenvalue weighted by Gasteiger charge is 2.40. The van der Waals surface area contributed by atoms with Gasteiger partial charge in [-0.25, -0.2) is 13.4 Å². The molecule has 2 aromatic carbocycles. The molecule has 1 aliphatic carbocycles. The van der Waals surface area contributed by atoms with Gasteiger partial charge >= 0.3 is 0 Å². The Bertz CT molecular complexity index is 1400. The maximum Gasteiger partial charge on any atom is 0.273 e. The monoisotopic (exact) mass is 552 g/mol. The predicted octanol–water partition coefficient (Wildman–Crippen LogP) is 4.18. The number of methoxy groups -OCH3 is 1. The maximum atomic E-state index is 13.7. The first kappa shape index (κ1) is 27.4. The maximum absolute atomic E-state index is 13.7. The van der Waals surface area contributed by atoms with Gasteiger partial charge in [-0.05, 0) is 87.0 Å². The molecule has 2 fully saturated rings. The van der Waals surface area contributed by atoms with E-state index in [-0.39, 0.29) is 35.0 Å². The summed E-state index contributed by atoms with van der Waals surface area (Å²) in [6.45, 7) is 7.13. The van der Waals surface area contributed by atoms with Crippen molar-refractivity contribution in [1.29, 1.82) is 0 Å². The van der Waals surface area contributed by atoms with Gasteiger partial charge in [0.25, 0.3) is 5.91 Å². The molecule has 1 saturated heterocycles. The van der Waals surface area contributed by atoms with E-state index < -0.39 is 10.0 Å². The Morgan fingerprint density at radius 1 is 1.10 bits per heavy atom. The third-order valence-corrected chi connectivity index (χ3v) is 9.55. The van der Waals surface area contributed by atoms with Crippen molar-refractivity contribution in [3.63, 3.8) is 0 Å². The van der Waals surface area contributed by atoms with E-state index in [4.69, 9.17) is 9.15 Å². The molecule has 0 atom stereocenters. The van der Waals surface area contributed by atoms with Crippen molar-refractivity contribution in [2.75, 3.05) is 20.2 Å². The van der Waals surface area contributed by atoms with Gasteiger partial charge in [-0.15, -0.1) is 0 Å². The number of aryl methyl sites for hydroxylation is 2. The topological polar surface area (TPSA) is 105 Å². The number of sulfonamides is 1. The zero-order chi connectivity index (χ0) is 27.6. The minimum absolute atomic E-state index is 0.0380. The zero-order valence-corrected chi connectivity index (χ0v) is 23.6. The van der Waals surface area contributed by atoms with Gasteiger partial charge in [0.15, 0.2) is 5.69 Å². The number of hydrogen-bond donors (Lipinski definition) is 1. The summed E-state index contributed by atoms with van der Waals surface area (Å²) in [5.41, 5.74) is 3.63. The molecule has 10 heteroatoms. The molecule has 1 aromatic heterocycles. The standard InChI is InChI=1S/C29H36N4O5S/c1-20-14-25(37-3)15-21(2)28(20)39(35,36)33(24-10-11-24)18-27-31-26(19-38-27)29(34)30-16-22-6-8-23(9-7-22)17-32-12-4-5-13-32/h6-9,14-15,19,24H,4-5,10-13,16-18H2,1-3H3,(H,30,34). The van der Waals surface area contributed by atoms with Crippen LogP contribution in [0.1, 0.15) is 64.3 Å². The van der Waals surface area contributed by atoms with Crippen LogP contribution < -0.4 is 10.1 Å². The van der Waals surface area contributed by atoms with Crippen molar-refractivity contribution >= 4 is 15.9 Å². The fraction of sp³-hybridized carbons (Fsp3) is 0.448. The third-order valence-electron chi connectivity index (χ3n) is 7.35. The average Bonchev–Trinajstić information content (AvgIpc) is 3.40. The Kier molecular flexibility index (Phi) is 8.06. The van der Waals surface area contributed by atoms with Crippen molar-refractivity contribution < 1.29 is 22.4 Å². The molecule has 3 aromatic rings. The molecular formula is C29H36N4O5S. The van der Waals surface area contributed by atoms with Crippen molar-refractivity contribution in [2.24, 2.45) is 0 Å². The molecule has 1 N–H and O–H groups in total. The molecular weight excluding hydrogens is 516 g/mol. The molecule has 0 spiro atoms. The molecule has 5 rings (SSSR count). The Morgan fingerprint density at radius 3 is 2.36 bits per heavy atom. The molecule has 1 amide bonds. The lowest BCUT2D eigenvalue weighted by Gasteiger charge is -2.23. The summed E-state index contributed by atoms with van der Waals surface area (Å²) in [5, 5.41) is 2.88. The number of carbonyl (C=O) groups excluding carboxylic acids is 1. The van der Waals surface area contributed by atoms with Crippen LogP contribution in [0.5, 0.6) is 5.75 Å². The Labute approximate surface area is 230 Å². The van der Waals surface area contributed by atoms with Crippen LogP contribution in [0.3, 0.4) is 0 Å². The van der Waals surface area contributed by atoms with Crippen molar-refractivity contribution in [3.05, 3.63) is 76.5 Å². The summed E-state index contributed by atoms with van der Waals surface area (Å²) in [4.78, 5) is 19.8. The average molecular weight is 553 g/mol. The smallest absolute Gasteiger partial charge is 0.273 e. The fourth-order valence-electron chi connectivity index (χ4n) is 5.18. The Morgan fingerprint density at radius 2 is 1.74 bits per heavy atom. The van der Waals surface area contributed by atoms with E-state index >= 15 is 0 Å². The molecule has 2 heterocycles. The van der Waals surface area contributed by atoms with Crippen molar-refractivity contribution in [3.8, 4) is 5.75 Å². The third kappa shape index (κ3) is 6.34. The molecule has 208 valence electrons. The molecule has 1 saturated carbocycles. The van der Waals surface area contributed by atoms with Crippen LogP contribution in [0.15, 0.2) is 52.0 Å². The number of carbonyl (C=O) groups is 1. The first-order valence-corrected chi connectivity index (χ1v) is 14.9. The minimum Gasteiger partial charge on any atom is -0.497 e. The van der Waals surface area contributed by atoms with Gasteiger partial charge in [0, 0.05) is 19.1 Å². The normalized spacial score (nSPS) is 16.1. The summed E-state index contributed by atoms with van der Waals surface area (Å²) >= 11 is 0. The number of likely N-dealkylation sites (tertiary alicyclic amines) is 1. The Hall–Kier alpha value is -3.21. The number of hydrogen-bond acceptors (Lipinski definition) is 7. The number of oxazole rings is 1. The minimum atomic E-state index is -3.82. The van der Waals surface area contributed by atoms with E-state index in [1.54, 1.807) is 33.1 Å². The number of rotatable bonds is 11. The second-order valence-electron chi connectivity index (χ2n) is 10.5.